The summed E-state index contributed by atoms with van der Waals surface area (Å²) in [5.41, 5.74) is 2.29. The zero-order valence-electron chi connectivity index (χ0n) is 23.5. The standard InChI is InChI=1S/C31H30ClFN4O5S/c1-30(20-6-5-18(32)11-21(20)33)41-24-4-2-3-22(27(24)42-30)36-16-31(17-36)8-9-35(15-31)14-26-34-28-23(12-25(43-28)29(38)39)37(26)13-19-7-10-40-19/h2-6,11-12,19H,7-10,13-17H2,1H3,(H,38,39)/t19-,30?/m0/s1. The van der Waals surface area contributed by atoms with Crippen LogP contribution in [0.15, 0.2) is 42.5 Å². The van der Waals surface area contributed by atoms with Gasteiger partial charge in [-0.3, -0.25) is 4.90 Å². The Kier molecular flexibility index (Phi) is 6.21. The molecule has 224 valence electrons. The van der Waals surface area contributed by atoms with Gasteiger partial charge in [0.25, 0.3) is 5.79 Å². The Bertz CT molecular complexity index is 1770. The number of carboxylic acid groups (broad SMARTS) is 1. The van der Waals surface area contributed by atoms with Crippen LogP contribution in [-0.2, 0) is 23.6 Å². The summed E-state index contributed by atoms with van der Waals surface area (Å²) in [5.74, 6) is -0.495. The number of aromatic carboxylic acids is 1. The van der Waals surface area contributed by atoms with Gasteiger partial charge in [0.1, 0.15) is 21.3 Å². The van der Waals surface area contributed by atoms with Crippen LogP contribution in [0.4, 0.5) is 10.1 Å². The lowest BCUT2D eigenvalue weighted by Crippen LogP contribution is -2.57. The Labute approximate surface area is 256 Å². The lowest BCUT2D eigenvalue weighted by Gasteiger charge is -2.49. The molecule has 2 aromatic carbocycles. The number of hydrogen-bond acceptors (Lipinski definition) is 8. The first-order chi connectivity index (χ1) is 20.7. The van der Waals surface area contributed by atoms with Crippen LogP contribution in [0.2, 0.25) is 5.02 Å². The summed E-state index contributed by atoms with van der Waals surface area (Å²) < 4.78 is 35.2. The fourth-order valence-corrected chi connectivity index (χ4v) is 7.96. The van der Waals surface area contributed by atoms with Crippen LogP contribution in [0.25, 0.3) is 10.3 Å². The van der Waals surface area contributed by atoms with Crippen LogP contribution in [0.1, 0.15) is 40.8 Å². The third-order valence-corrected chi connectivity index (χ3v) is 10.4. The van der Waals surface area contributed by atoms with E-state index in [1.807, 2.05) is 18.2 Å². The number of benzene rings is 2. The number of imidazole rings is 1. The van der Waals surface area contributed by atoms with E-state index in [9.17, 15) is 14.3 Å². The summed E-state index contributed by atoms with van der Waals surface area (Å²) in [6.45, 7) is 7.58. The van der Waals surface area contributed by atoms with Crippen molar-refractivity contribution in [2.24, 2.45) is 5.41 Å². The minimum absolute atomic E-state index is 0.145. The van der Waals surface area contributed by atoms with Gasteiger partial charge in [0.15, 0.2) is 11.5 Å². The number of hydrogen-bond donors (Lipinski definition) is 1. The van der Waals surface area contributed by atoms with Crippen molar-refractivity contribution in [1.29, 1.82) is 0 Å². The third kappa shape index (κ3) is 4.56. The second-order valence-corrected chi connectivity index (χ2v) is 13.7. The molecule has 0 aliphatic carbocycles. The van der Waals surface area contributed by atoms with E-state index in [2.05, 4.69) is 14.4 Å². The minimum atomic E-state index is -1.29. The van der Waals surface area contributed by atoms with Crippen molar-refractivity contribution >= 4 is 44.9 Å². The van der Waals surface area contributed by atoms with Crippen molar-refractivity contribution in [2.45, 2.75) is 44.7 Å². The highest BCUT2D eigenvalue weighted by Gasteiger charge is 2.50. The molecule has 6 heterocycles. The smallest absolute Gasteiger partial charge is 0.346 e. The van der Waals surface area contributed by atoms with Crippen molar-refractivity contribution in [3.05, 3.63) is 69.6 Å². The molecule has 1 N–H and O–H groups in total. The van der Waals surface area contributed by atoms with Crippen LogP contribution in [0.3, 0.4) is 0 Å². The fourth-order valence-electron chi connectivity index (χ4n) is 6.91. The highest BCUT2D eigenvalue weighted by Crippen LogP contribution is 2.53. The predicted molar refractivity (Wildman–Crippen MR) is 160 cm³/mol. The molecule has 1 unspecified atom stereocenters. The van der Waals surface area contributed by atoms with Crippen molar-refractivity contribution < 1.29 is 28.5 Å². The highest BCUT2D eigenvalue weighted by molar-refractivity contribution is 7.20. The second-order valence-electron chi connectivity index (χ2n) is 12.2. The van der Waals surface area contributed by atoms with Crippen LogP contribution in [-0.4, -0.2) is 64.4 Å². The fraction of sp³-hybridized carbons (Fsp3) is 0.419. The minimum Gasteiger partial charge on any atom is -0.477 e. The van der Waals surface area contributed by atoms with Crippen molar-refractivity contribution in [2.75, 3.05) is 37.7 Å². The first-order valence-corrected chi connectivity index (χ1v) is 15.7. The number of ether oxygens (including phenoxy) is 3. The van der Waals surface area contributed by atoms with Gasteiger partial charge in [-0.15, -0.1) is 11.3 Å². The number of carbonyl (C=O) groups is 1. The van der Waals surface area contributed by atoms with E-state index < -0.39 is 17.6 Å². The lowest BCUT2D eigenvalue weighted by molar-refractivity contribution is -0.0706. The van der Waals surface area contributed by atoms with E-state index >= 15 is 0 Å². The number of anilines is 1. The van der Waals surface area contributed by atoms with Crippen LogP contribution in [0.5, 0.6) is 11.5 Å². The molecule has 0 bridgehead atoms. The molecule has 0 radical (unpaired) electrons. The van der Waals surface area contributed by atoms with E-state index in [-0.39, 0.29) is 11.5 Å². The molecular weight excluding hydrogens is 595 g/mol. The van der Waals surface area contributed by atoms with Gasteiger partial charge < -0.3 is 28.8 Å². The number of halogens is 2. The molecule has 4 aliphatic rings. The summed E-state index contributed by atoms with van der Waals surface area (Å²) >= 11 is 7.20. The number of fused-ring (bicyclic) bond motifs is 2. The van der Waals surface area contributed by atoms with E-state index in [1.165, 1.54) is 17.4 Å². The summed E-state index contributed by atoms with van der Waals surface area (Å²) in [4.78, 5) is 22.3. The average Bonchev–Trinajstić information content (AvgIpc) is 3.67. The van der Waals surface area contributed by atoms with Gasteiger partial charge in [0.05, 0.1) is 36.0 Å². The summed E-state index contributed by atoms with van der Waals surface area (Å²) in [5, 5.41) is 9.80. The topological polar surface area (TPSA) is 89.3 Å². The maximum absolute atomic E-state index is 14.8. The molecule has 12 heteroatoms. The molecular formula is C31H30ClFN4O5S. The molecule has 1 spiro atoms. The number of aromatic nitrogens is 2. The molecule has 0 saturated carbocycles. The number of rotatable bonds is 7. The average molecular weight is 625 g/mol. The molecule has 9 nitrogen and oxygen atoms in total. The SMILES string of the molecule is CC1(c2ccc(Cl)cc2F)Oc2cccc(N3CC4(CCN(Cc5nc6sc(C(=O)O)cc6n5C[C@@H]5CCO5)C4)C3)c2O1. The van der Waals surface area contributed by atoms with Crippen molar-refractivity contribution in [1.82, 2.24) is 14.5 Å². The Morgan fingerprint density at radius 1 is 1.21 bits per heavy atom. The largest absolute Gasteiger partial charge is 0.477 e. The molecule has 4 aliphatic heterocycles. The van der Waals surface area contributed by atoms with Gasteiger partial charge in [-0.25, -0.2) is 14.2 Å². The number of carboxylic acids is 1. The van der Waals surface area contributed by atoms with Crippen LogP contribution < -0.4 is 14.4 Å². The number of para-hydroxylation sites is 1. The maximum Gasteiger partial charge on any atom is 0.346 e. The summed E-state index contributed by atoms with van der Waals surface area (Å²) in [7, 11) is 0. The van der Waals surface area contributed by atoms with Crippen LogP contribution in [0, 0.1) is 11.2 Å². The molecule has 43 heavy (non-hydrogen) atoms. The Morgan fingerprint density at radius 2 is 2.05 bits per heavy atom. The van der Waals surface area contributed by atoms with E-state index in [1.54, 1.807) is 25.1 Å². The molecule has 3 fully saturated rings. The Balaban J connectivity index is 0.969. The molecule has 2 atom stereocenters. The van der Waals surface area contributed by atoms with E-state index in [0.717, 1.165) is 67.5 Å². The first kappa shape index (κ1) is 27.2. The molecule has 2 aromatic heterocycles. The van der Waals surface area contributed by atoms with Gasteiger partial charge in [0.2, 0.25) is 0 Å². The summed E-state index contributed by atoms with van der Waals surface area (Å²) in [6.07, 6.45) is 2.23. The maximum atomic E-state index is 14.8. The Hall–Kier alpha value is -3.38. The number of nitrogens with zero attached hydrogens (tertiary/aromatic N) is 4. The van der Waals surface area contributed by atoms with Gasteiger partial charge in [0, 0.05) is 43.6 Å². The zero-order chi connectivity index (χ0) is 29.5. The monoisotopic (exact) mass is 624 g/mol. The van der Waals surface area contributed by atoms with Crippen LogP contribution >= 0.6 is 22.9 Å². The highest BCUT2D eigenvalue weighted by atomic mass is 35.5. The zero-order valence-corrected chi connectivity index (χ0v) is 25.1. The first-order valence-electron chi connectivity index (χ1n) is 14.5. The second kappa shape index (κ2) is 9.82. The van der Waals surface area contributed by atoms with E-state index in [4.69, 9.17) is 30.8 Å². The number of likely N-dealkylation sites (tertiary alicyclic amines) is 1. The van der Waals surface area contributed by atoms with E-state index in [0.29, 0.717) is 40.1 Å². The molecule has 4 aromatic rings. The van der Waals surface area contributed by atoms with Gasteiger partial charge >= 0.3 is 5.97 Å². The normalized spacial score (nSPS) is 24.1. The van der Waals surface area contributed by atoms with Gasteiger partial charge in [-0.2, -0.15) is 0 Å². The quantitative estimate of drug-likeness (QED) is 0.279. The molecule has 8 rings (SSSR count). The predicted octanol–water partition coefficient (Wildman–Crippen LogP) is 5.73. The number of thiophene rings is 1. The molecule has 0 amide bonds. The lowest BCUT2D eigenvalue weighted by atomic mass is 9.78. The Morgan fingerprint density at radius 3 is 2.79 bits per heavy atom. The third-order valence-electron chi connectivity index (χ3n) is 9.17. The van der Waals surface area contributed by atoms with Crippen molar-refractivity contribution in [3.8, 4) is 11.5 Å². The van der Waals surface area contributed by atoms with Crippen molar-refractivity contribution in [3.63, 3.8) is 0 Å². The molecule has 3 saturated heterocycles. The van der Waals surface area contributed by atoms with Gasteiger partial charge in [-0.05, 0) is 55.8 Å². The summed E-state index contributed by atoms with van der Waals surface area (Å²) in [6, 6.07) is 12.1. The van der Waals surface area contributed by atoms with Gasteiger partial charge in [-0.1, -0.05) is 17.7 Å².